The van der Waals surface area contributed by atoms with E-state index >= 15 is 0 Å². The normalized spacial score (nSPS) is 13.8. The summed E-state index contributed by atoms with van der Waals surface area (Å²) in [4.78, 5) is 16.6. The number of hydrogen-bond donors (Lipinski definition) is 1. The number of nitrogens with one attached hydrogen (secondary N) is 1. The largest absolute Gasteiger partial charge is 0.356 e. The van der Waals surface area contributed by atoms with Crippen LogP contribution in [0, 0.1) is 12.8 Å². The number of hydrogen-bond acceptors (Lipinski definition) is 2. The molecule has 0 unspecified atom stereocenters. The number of carbonyl (C=O) groups is 1. The first-order valence-corrected chi connectivity index (χ1v) is 10.5. The molecule has 1 aliphatic rings. The molecule has 0 radical (unpaired) electrons. The van der Waals surface area contributed by atoms with Crippen molar-refractivity contribution < 1.29 is 4.79 Å². The highest BCUT2D eigenvalue weighted by atomic mass is 16.2. The van der Waals surface area contributed by atoms with Gasteiger partial charge < -0.3 is 9.88 Å². The molecule has 28 heavy (non-hydrogen) atoms. The Kier molecular flexibility index (Phi) is 5.75. The predicted octanol–water partition coefficient (Wildman–Crippen LogP) is 4.63. The van der Waals surface area contributed by atoms with Crippen molar-refractivity contribution in [2.75, 3.05) is 6.54 Å². The lowest BCUT2D eigenvalue weighted by Crippen LogP contribution is -2.25. The van der Waals surface area contributed by atoms with Crippen molar-refractivity contribution in [1.29, 1.82) is 0 Å². The Morgan fingerprint density at radius 1 is 1.07 bits per heavy atom. The number of benzene rings is 2. The Balaban J connectivity index is 1.38. The fraction of sp³-hybridized carbons (Fsp3) is 0.417. The summed E-state index contributed by atoms with van der Waals surface area (Å²) in [6.07, 6.45) is 6.36. The summed E-state index contributed by atoms with van der Waals surface area (Å²) in [5, 5.41) is 3.06. The summed E-state index contributed by atoms with van der Waals surface area (Å²) in [5.74, 6) is 1.72. The first kappa shape index (κ1) is 18.7. The van der Waals surface area contributed by atoms with Gasteiger partial charge in [0.1, 0.15) is 5.82 Å². The second kappa shape index (κ2) is 8.59. The Hall–Kier alpha value is -2.62. The minimum Gasteiger partial charge on any atom is -0.356 e. The molecule has 0 bridgehead atoms. The van der Waals surface area contributed by atoms with Crippen molar-refractivity contribution in [2.45, 2.75) is 52.0 Å². The van der Waals surface area contributed by atoms with E-state index in [1.54, 1.807) is 0 Å². The van der Waals surface area contributed by atoms with E-state index in [2.05, 4.69) is 65.3 Å². The van der Waals surface area contributed by atoms with E-state index in [4.69, 9.17) is 4.98 Å². The van der Waals surface area contributed by atoms with Gasteiger partial charge in [0, 0.05) is 25.4 Å². The number of unbranched alkanes of at least 4 members (excludes halogenated alkanes) is 2. The van der Waals surface area contributed by atoms with Crippen LogP contribution in [0.1, 0.15) is 49.1 Å². The van der Waals surface area contributed by atoms with Gasteiger partial charge in [-0.05, 0) is 55.9 Å². The van der Waals surface area contributed by atoms with E-state index in [0.717, 1.165) is 63.0 Å². The summed E-state index contributed by atoms with van der Waals surface area (Å²) < 4.78 is 2.37. The van der Waals surface area contributed by atoms with Crippen LogP contribution in [0.2, 0.25) is 0 Å². The molecule has 1 saturated carbocycles. The van der Waals surface area contributed by atoms with Crippen molar-refractivity contribution in [3.05, 3.63) is 65.5 Å². The number of fused-ring (bicyclic) bond motifs is 1. The zero-order chi connectivity index (χ0) is 19.3. The third kappa shape index (κ3) is 4.44. The quantitative estimate of drug-likeness (QED) is 0.554. The van der Waals surface area contributed by atoms with Gasteiger partial charge in [0.25, 0.3) is 0 Å². The summed E-state index contributed by atoms with van der Waals surface area (Å²) in [6.45, 7) is 3.83. The molecule has 146 valence electrons. The second-order valence-electron chi connectivity index (χ2n) is 7.91. The molecule has 0 saturated heterocycles. The summed E-state index contributed by atoms with van der Waals surface area (Å²) in [7, 11) is 0. The fourth-order valence-electron chi connectivity index (χ4n) is 3.74. The van der Waals surface area contributed by atoms with Crippen LogP contribution in [0.5, 0.6) is 0 Å². The molecule has 1 aliphatic carbocycles. The topological polar surface area (TPSA) is 46.9 Å². The maximum atomic E-state index is 11.7. The van der Waals surface area contributed by atoms with Crippen LogP contribution >= 0.6 is 0 Å². The van der Waals surface area contributed by atoms with E-state index in [1.807, 2.05) is 0 Å². The molecule has 0 aliphatic heterocycles. The third-order valence-electron chi connectivity index (χ3n) is 5.65. The molecular weight excluding hydrogens is 346 g/mol. The monoisotopic (exact) mass is 375 g/mol. The highest BCUT2D eigenvalue weighted by Crippen LogP contribution is 2.28. The molecule has 4 nitrogen and oxygen atoms in total. The van der Waals surface area contributed by atoms with Gasteiger partial charge >= 0.3 is 0 Å². The smallest absolute Gasteiger partial charge is 0.223 e. The number of rotatable bonds is 9. The van der Waals surface area contributed by atoms with Gasteiger partial charge in [-0.1, -0.05) is 42.8 Å². The third-order valence-corrected chi connectivity index (χ3v) is 5.65. The minimum atomic E-state index is 0.250. The van der Waals surface area contributed by atoms with Gasteiger partial charge in [-0.15, -0.1) is 0 Å². The van der Waals surface area contributed by atoms with E-state index < -0.39 is 0 Å². The first-order chi connectivity index (χ1) is 13.7. The number of carbonyl (C=O) groups excluding carboxylic acids is 1. The zero-order valence-electron chi connectivity index (χ0n) is 16.7. The van der Waals surface area contributed by atoms with E-state index in [1.165, 1.54) is 16.6 Å². The molecule has 1 heterocycles. The van der Waals surface area contributed by atoms with Crippen molar-refractivity contribution in [2.24, 2.45) is 5.92 Å². The van der Waals surface area contributed by atoms with E-state index in [-0.39, 0.29) is 5.91 Å². The van der Waals surface area contributed by atoms with E-state index in [0.29, 0.717) is 5.92 Å². The molecule has 0 spiro atoms. The molecular formula is C24H29N3O. The zero-order valence-corrected chi connectivity index (χ0v) is 16.7. The number of aryl methyl sites for hydroxylation is 2. The summed E-state index contributed by atoms with van der Waals surface area (Å²) >= 11 is 0. The average molecular weight is 376 g/mol. The van der Waals surface area contributed by atoms with Gasteiger partial charge in [-0.25, -0.2) is 4.98 Å². The summed E-state index contributed by atoms with van der Waals surface area (Å²) in [6, 6.07) is 17.0. The number of amides is 1. The fourth-order valence-corrected chi connectivity index (χ4v) is 3.74. The number of aromatic nitrogens is 2. The van der Waals surface area contributed by atoms with Gasteiger partial charge in [0.15, 0.2) is 0 Å². The van der Waals surface area contributed by atoms with Crippen LogP contribution < -0.4 is 5.32 Å². The molecule has 4 rings (SSSR count). The van der Waals surface area contributed by atoms with Crippen LogP contribution in [-0.2, 0) is 17.8 Å². The number of nitrogens with zero attached hydrogens (tertiary/aromatic N) is 2. The van der Waals surface area contributed by atoms with Crippen molar-refractivity contribution in [1.82, 2.24) is 14.9 Å². The maximum absolute atomic E-state index is 11.7. The molecule has 0 atom stereocenters. The highest BCUT2D eigenvalue weighted by molar-refractivity contribution is 5.80. The van der Waals surface area contributed by atoms with Crippen LogP contribution in [0.4, 0.5) is 0 Å². The highest BCUT2D eigenvalue weighted by Gasteiger charge is 2.28. The molecule has 4 heteroatoms. The van der Waals surface area contributed by atoms with Gasteiger partial charge in [0.2, 0.25) is 5.91 Å². The Labute approximate surface area is 167 Å². The molecule has 3 aromatic rings. The molecule has 1 amide bonds. The molecule has 1 N–H and O–H groups in total. The average Bonchev–Trinajstić information content (AvgIpc) is 3.50. The van der Waals surface area contributed by atoms with Crippen LogP contribution in [-0.4, -0.2) is 22.0 Å². The standard InChI is InChI=1S/C24H29N3O/c1-18-9-4-5-10-20(18)17-27-22-12-7-6-11-21(22)26-23(27)13-3-2-8-16-25-24(28)19-14-15-19/h4-7,9-12,19H,2-3,8,13-17H2,1H3,(H,25,28). The van der Waals surface area contributed by atoms with Crippen molar-refractivity contribution in [3.63, 3.8) is 0 Å². The number of imidazole rings is 1. The first-order valence-electron chi connectivity index (χ1n) is 10.5. The van der Waals surface area contributed by atoms with Crippen LogP contribution in [0.25, 0.3) is 11.0 Å². The van der Waals surface area contributed by atoms with Crippen LogP contribution in [0.3, 0.4) is 0 Å². The SMILES string of the molecule is Cc1ccccc1Cn1c(CCCCCNC(=O)C2CC2)nc2ccccc21. The second-order valence-corrected chi connectivity index (χ2v) is 7.91. The minimum absolute atomic E-state index is 0.250. The van der Waals surface area contributed by atoms with Crippen molar-refractivity contribution >= 4 is 16.9 Å². The number of para-hydroxylation sites is 2. The maximum Gasteiger partial charge on any atom is 0.223 e. The van der Waals surface area contributed by atoms with Gasteiger partial charge in [-0.2, -0.15) is 0 Å². The molecule has 1 aromatic heterocycles. The van der Waals surface area contributed by atoms with E-state index in [9.17, 15) is 4.79 Å². The summed E-state index contributed by atoms with van der Waals surface area (Å²) in [5.41, 5.74) is 4.94. The Morgan fingerprint density at radius 3 is 2.68 bits per heavy atom. The Bertz CT molecular complexity index is 955. The molecule has 2 aromatic carbocycles. The predicted molar refractivity (Wildman–Crippen MR) is 113 cm³/mol. The lowest BCUT2D eigenvalue weighted by molar-refractivity contribution is -0.122. The van der Waals surface area contributed by atoms with Crippen LogP contribution in [0.15, 0.2) is 48.5 Å². The van der Waals surface area contributed by atoms with Crippen molar-refractivity contribution in [3.8, 4) is 0 Å². The van der Waals surface area contributed by atoms with Gasteiger partial charge in [-0.3, -0.25) is 4.79 Å². The Morgan fingerprint density at radius 2 is 1.86 bits per heavy atom. The lowest BCUT2D eigenvalue weighted by Gasteiger charge is -2.12. The lowest BCUT2D eigenvalue weighted by atomic mass is 10.1. The van der Waals surface area contributed by atoms with Gasteiger partial charge in [0.05, 0.1) is 11.0 Å². The molecule has 1 fully saturated rings.